The van der Waals surface area contributed by atoms with Crippen LogP contribution in [0.3, 0.4) is 0 Å². The number of ether oxygens (including phenoxy) is 1. The summed E-state index contributed by atoms with van der Waals surface area (Å²) in [5.41, 5.74) is 5.00. The van der Waals surface area contributed by atoms with E-state index in [0.717, 1.165) is 6.42 Å². The van der Waals surface area contributed by atoms with Crippen LogP contribution < -0.4 is 0 Å². The van der Waals surface area contributed by atoms with Crippen LogP contribution in [0.4, 0.5) is 0 Å². The number of benzene rings is 2. The summed E-state index contributed by atoms with van der Waals surface area (Å²) in [5.74, 6) is -0.0775. The van der Waals surface area contributed by atoms with Gasteiger partial charge >= 0.3 is 5.97 Å². The average molecular weight is 264 g/mol. The van der Waals surface area contributed by atoms with Crippen LogP contribution in [0.2, 0.25) is 0 Å². The molecule has 0 heterocycles. The molecule has 0 amide bonds. The molecule has 2 aromatic carbocycles. The second kappa shape index (κ2) is 3.95. The van der Waals surface area contributed by atoms with Gasteiger partial charge in [-0.1, -0.05) is 48.5 Å². The first-order valence-corrected chi connectivity index (χ1v) is 7.15. The molecule has 1 saturated carbocycles. The maximum Gasteiger partial charge on any atom is 0.310 e. The predicted molar refractivity (Wildman–Crippen MR) is 77.4 cm³/mol. The summed E-state index contributed by atoms with van der Waals surface area (Å²) in [6.07, 6.45) is 0.875. The Kier molecular flexibility index (Phi) is 2.31. The second-order valence-corrected chi connectivity index (χ2v) is 5.57. The monoisotopic (exact) mass is 264 g/mol. The minimum atomic E-state index is -0.126. The minimum Gasteiger partial charge on any atom is -0.466 e. The number of rotatable bonds is 2. The van der Waals surface area contributed by atoms with Crippen LogP contribution in [0, 0.1) is 5.92 Å². The Hall–Kier alpha value is -2.09. The number of esters is 1. The summed E-state index contributed by atoms with van der Waals surface area (Å²) in [4.78, 5) is 12.2. The third-order valence-electron chi connectivity index (χ3n) is 4.64. The van der Waals surface area contributed by atoms with E-state index in [1.807, 2.05) is 6.92 Å². The van der Waals surface area contributed by atoms with Gasteiger partial charge in [0.2, 0.25) is 0 Å². The minimum absolute atomic E-state index is 0.0211. The standard InChI is InChI=1S/C18H16O2/c1-2-20-17(19)16-11-18(16)14-9-5-3-7-12(14)13-8-4-6-10-15(13)18/h3-10,16H,2,11H2,1H3/t16-/m0/s1. The highest BCUT2D eigenvalue weighted by molar-refractivity contribution is 5.90. The number of carbonyl (C=O) groups excluding carboxylic acids is 1. The van der Waals surface area contributed by atoms with Gasteiger partial charge < -0.3 is 4.74 Å². The van der Waals surface area contributed by atoms with Gasteiger partial charge in [0, 0.05) is 5.41 Å². The molecule has 2 aromatic rings. The molecule has 1 fully saturated rings. The van der Waals surface area contributed by atoms with Crippen molar-refractivity contribution < 1.29 is 9.53 Å². The molecule has 0 unspecified atom stereocenters. The van der Waals surface area contributed by atoms with Crippen molar-refractivity contribution in [3.63, 3.8) is 0 Å². The number of hydrogen-bond donors (Lipinski definition) is 0. The Morgan fingerprint density at radius 1 is 1.10 bits per heavy atom. The van der Waals surface area contributed by atoms with Crippen LogP contribution in [-0.4, -0.2) is 12.6 Å². The summed E-state index contributed by atoms with van der Waals surface area (Å²) in [5, 5.41) is 0. The first-order chi connectivity index (χ1) is 9.79. The van der Waals surface area contributed by atoms with Gasteiger partial charge in [-0.15, -0.1) is 0 Å². The first-order valence-electron chi connectivity index (χ1n) is 7.15. The van der Waals surface area contributed by atoms with Gasteiger partial charge in [-0.05, 0) is 35.6 Å². The summed E-state index contributed by atoms with van der Waals surface area (Å²) in [6.45, 7) is 2.32. The summed E-state index contributed by atoms with van der Waals surface area (Å²) in [7, 11) is 0. The number of fused-ring (bicyclic) bond motifs is 5. The van der Waals surface area contributed by atoms with Gasteiger partial charge in [0.15, 0.2) is 0 Å². The number of hydrogen-bond acceptors (Lipinski definition) is 2. The Morgan fingerprint density at radius 3 is 2.20 bits per heavy atom. The fraction of sp³-hybridized carbons (Fsp3) is 0.278. The van der Waals surface area contributed by atoms with E-state index in [9.17, 15) is 4.79 Å². The Morgan fingerprint density at radius 2 is 1.65 bits per heavy atom. The molecule has 0 aromatic heterocycles. The van der Waals surface area contributed by atoms with Gasteiger partial charge in [-0.25, -0.2) is 0 Å². The second-order valence-electron chi connectivity index (χ2n) is 5.57. The van der Waals surface area contributed by atoms with Gasteiger partial charge in [0.1, 0.15) is 0 Å². The summed E-state index contributed by atoms with van der Waals surface area (Å²) >= 11 is 0. The van der Waals surface area contributed by atoms with Crippen LogP contribution in [0.5, 0.6) is 0 Å². The molecule has 100 valence electrons. The van der Waals surface area contributed by atoms with Crippen molar-refractivity contribution in [1.82, 2.24) is 0 Å². The molecule has 2 aliphatic rings. The molecule has 0 bridgehead atoms. The van der Waals surface area contributed by atoms with E-state index in [4.69, 9.17) is 4.74 Å². The first kappa shape index (κ1) is 11.7. The molecule has 4 rings (SSSR count). The molecule has 0 aliphatic heterocycles. The third kappa shape index (κ3) is 1.31. The average Bonchev–Trinajstić information content (AvgIpc) is 3.17. The van der Waals surface area contributed by atoms with Crippen LogP contribution in [-0.2, 0) is 14.9 Å². The van der Waals surface area contributed by atoms with E-state index >= 15 is 0 Å². The lowest BCUT2D eigenvalue weighted by Crippen LogP contribution is -2.16. The molecular weight excluding hydrogens is 248 g/mol. The zero-order chi connectivity index (χ0) is 13.7. The van der Waals surface area contributed by atoms with E-state index in [0.29, 0.717) is 6.61 Å². The van der Waals surface area contributed by atoms with E-state index in [-0.39, 0.29) is 17.3 Å². The molecule has 2 nitrogen and oxygen atoms in total. The predicted octanol–water partition coefficient (Wildman–Crippen LogP) is 3.54. The van der Waals surface area contributed by atoms with E-state index in [2.05, 4.69) is 48.5 Å². The topological polar surface area (TPSA) is 26.3 Å². The van der Waals surface area contributed by atoms with Crippen molar-refractivity contribution >= 4 is 5.97 Å². The highest BCUT2D eigenvalue weighted by Gasteiger charge is 2.64. The fourth-order valence-corrected chi connectivity index (χ4v) is 3.74. The summed E-state index contributed by atoms with van der Waals surface area (Å²) in [6, 6.07) is 16.9. The lowest BCUT2D eigenvalue weighted by Gasteiger charge is -2.13. The Bertz CT molecular complexity index is 657. The van der Waals surface area contributed by atoms with E-state index in [1.54, 1.807) is 0 Å². The SMILES string of the molecule is CCOC(=O)[C@@H]1CC12c1ccccc1-c1ccccc12. The Balaban J connectivity index is 1.88. The van der Waals surface area contributed by atoms with Crippen molar-refractivity contribution in [2.24, 2.45) is 5.92 Å². The van der Waals surface area contributed by atoms with Crippen molar-refractivity contribution in [3.8, 4) is 11.1 Å². The van der Waals surface area contributed by atoms with E-state index < -0.39 is 0 Å². The van der Waals surface area contributed by atoms with Crippen molar-refractivity contribution in [2.45, 2.75) is 18.8 Å². The molecule has 0 N–H and O–H groups in total. The van der Waals surface area contributed by atoms with Gasteiger partial charge in [-0.2, -0.15) is 0 Å². The lowest BCUT2D eigenvalue weighted by molar-refractivity contribution is -0.145. The van der Waals surface area contributed by atoms with Gasteiger partial charge in [0.05, 0.1) is 12.5 Å². The zero-order valence-electron chi connectivity index (χ0n) is 11.4. The normalized spacial score (nSPS) is 20.4. The maximum absolute atomic E-state index is 12.2. The molecule has 1 spiro atoms. The van der Waals surface area contributed by atoms with Crippen molar-refractivity contribution in [3.05, 3.63) is 59.7 Å². The summed E-state index contributed by atoms with van der Waals surface area (Å²) < 4.78 is 5.24. The zero-order valence-corrected chi connectivity index (χ0v) is 11.4. The Labute approximate surface area is 118 Å². The molecule has 20 heavy (non-hydrogen) atoms. The largest absolute Gasteiger partial charge is 0.466 e. The maximum atomic E-state index is 12.2. The lowest BCUT2D eigenvalue weighted by atomic mass is 9.91. The van der Waals surface area contributed by atoms with Crippen LogP contribution in [0.25, 0.3) is 11.1 Å². The molecular formula is C18H16O2. The highest BCUT2D eigenvalue weighted by Crippen LogP contribution is 2.66. The molecule has 0 radical (unpaired) electrons. The highest BCUT2D eigenvalue weighted by atomic mass is 16.5. The van der Waals surface area contributed by atoms with Crippen LogP contribution in [0.1, 0.15) is 24.5 Å². The molecule has 1 atom stereocenters. The van der Waals surface area contributed by atoms with Gasteiger partial charge in [0.25, 0.3) is 0 Å². The number of carbonyl (C=O) groups is 1. The molecule has 0 saturated heterocycles. The van der Waals surface area contributed by atoms with Crippen molar-refractivity contribution in [2.75, 3.05) is 6.61 Å². The van der Waals surface area contributed by atoms with Crippen LogP contribution in [0.15, 0.2) is 48.5 Å². The van der Waals surface area contributed by atoms with Gasteiger partial charge in [-0.3, -0.25) is 4.79 Å². The van der Waals surface area contributed by atoms with E-state index in [1.165, 1.54) is 22.3 Å². The van der Waals surface area contributed by atoms with Crippen molar-refractivity contribution in [1.29, 1.82) is 0 Å². The quantitative estimate of drug-likeness (QED) is 0.776. The molecule has 2 aliphatic carbocycles. The fourth-order valence-electron chi connectivity index (χ4n) is 3.74. The van der Waals surface area contributed by atoms with Crippen LogP contribution >= 0.6 is 0 Å². The molecule has 2 heteroatoms. The smallest absolute Gasteiger partial charge is 0.310 e. The third-order valence-corrected chi connectivity index (χ3v) is 4.64.